The number of rotatable bonds is 2. The fraction of sp³-hybridized carbons (Fsp3) is 0.500. The van der Waals surface area contributed by atoms with E-state index in [0.29, 0.717) is 0 Å². The maximum Gasteiger partial charge on any atom is 0.323 e. The van der Waals surface area contributed by atoms with Gasteiger partial charge in [-0.1, -0.05) is 0 Å². The van der Waals surface area contributed by atoms with Gasteiger partial charge in [-0.25, -0.2) is 13.8 Å². The highest BCUT2D eigenvalue weighted by molar-refractivity contribution is 5.86. The number of hydrogen-bond donors (Lipinski definition) is 1. The second-order valence-corrected chi connectivity index (χ2v) is 3.45. The summed E-state index contributed by atoms with van der Waals surface area (Å²) in [4.78, 5) is 14.5. The molecule has 76 valence electrons. The van der Waals surface area contributed by atoms with Crippen LogP contribution in [0.15, 0.2) is 12.4 Å². The van der Waals surface area contributed by atoms with Gasteiger partial charge in [-0.3, -0.25) is 4.79 Å². The van der Waals surface area contributed by atoms with Crippen LogP contribution in [0.3, 0.4) is 0 Å². The summed E-state index contributed by atoms with van der Waals surface area (Å²) in [5, 5.41) is 8.80. The zero-order valence-corrected chi connectivity index (χ0v) is 7.37. The summed E-state index contributed by atoms with van der Waals surface area (Å²) in [6.45, 7) is 0. The molecule has 1 atom stereocenters. The molecule has 0 saturated heterocycles. The molecule has 0 aliphatic heterocycles. The lowest BCUT2D eigenvalue weighted by Crippen LogP contribution is -2.30. The maximum absolute atomic E-state index is 13.0. The Morgan fingerprint density at radius 1 is 1.71 bits per heavy atom. The van der Waals surface area contributed by atoms with Crippen molar-refractivity contribution in [1.29, 1.82) is 0 Å². The topological polar surface area (TPSA) is 55.1 Å². The molecular weight excluding hydrogens is 194 g/mol. The van der Waals surface area contributed by atoms with Crippen molar-refractivity contribution in [2.45, 2.75) is 17.8 Å². The molecule has 0 bridgehead atoms. The van der Waals surface area contributed by atoms with Crippen molar-refractivity contribution >= 4 is 5.97 Å². The molecule has 0 spiro atoms. The van der Waals surface area contributed by atoms with Gasteiger partial charge in [-0.2, -0.15) is 0 Å². The molecule has 1 aromatic rings. The molecule has 0 amide bonds. The van der Waals surface area contributed by atoms with Crippen LogP contribution < -0.4 is 0 Å². The predicted octanol–water partition coefficient (Wildman–Crippen LogP) is 0.781. The van der Waals surface area contributed by atoms with Gasteiger partial charge in [0.15, 0.2) is 5.41 Å². The molecule has 1 unspecified atom stereocenters. The molecule has 1 N–H and O–H groups in total. The lowest BCUT2D eigenvalue weighted by atomic mass is 10.1. The van der Waals surface area contributed by atoms with Crippen LogP contribution >= 0.6 is 0 Å². The molecule has 0 aromatic carbocycles. The third-order valence-corrected chi connectivity index (χ3v) is 2.55. The van der Waals surface area contributed by atoms with E-state index in [-0.39, 0.29) is 5.82 Å². The zero-order valence-electron chi connectivity index (χ0n) is 7.37. The smallest absolute Gasteiger partial charge is 0.323 e. The Labute approximate surface area is 78.2 Å². The van der Waals surface area contributed by atoms with Gasteiger partial charge in [0.2, 0.25) is 0 Å². The summed E-state index contributed by atoms with van der Waals surface area (Å²) in [6, 6.07) is 0. The highest BCUT2D eigenvalue weighted by Crippen LogP contribution is 2.61. The number of aryl methyl sites for hydroxylation is 1. The number of carbonyl (C=O) groups is 1. The normalized spacial score (nSPS) is 28.8. The first-order valence-corrected chi connectivity index (χ1v) is 4.01. The Hall–Kier alpha value is -1.46. The van der Waals surface area contributed by atoms with Crippen molar-refractivity contribution in [2.75, 3.05) is 0 Å². The third-order valence-electron chi connectivity index (χ3n) is 2.55. The number of halogens is 2. The zero-order chi connectivity index (χ0) is 10.6. The van der Waals surface area contributed by atoms with Crippen LogP contribution in [-0.2, 0) is 17.3 Å². The lowest BCUT2D eigenvalue weighted by Gasteiger charge is -2.10. The molecule has 1 aromatic heterocycles. The molecule has 2 rings (SSSR count). The monoisotopic (exact) mass is 202 g/mol. The van der Waals surface area contributed by atoms with Crippen LogP contribution in [0.1, 0.15) is 12.2 Å². The van der Waals surface area contributed by atoms with Crippen LogP contribution in [0.2, 0.25) is 0 Å². The van der Waals surface area contributed by atoms with E-state index in [1.165, 1.54) is 24.0 Å². The number of hydrogen-bond acceptors (Lipinski definition) is 2. The summed E-state index contributed by atoms with van der Waals surface area (Å²) < 4.78 is 27.3. The summed E-state index contributed by atoms with van der Waals surface area (Å²) in [5.74, 6) is -4.79. The van der Waals surface area contributed by atoms with Crippen molar-refractivity contribution in [2.24, 2.45) is 7.05 Å². The number of aliphatic carboxylic acids is 1. The van der Waals surface area contributed by atoms with E-state index < -0.39 is 23.7 Å². The summed E-state index contributed by atoms with van der Waals surface area (Å²) in [6.07, 6.45) is 2.10. The summed E-state index contributed by atoms with van der Waals surface area (Å²) in [5.41, 5.74) is -2.11. The van der Waals surface area contributed by atoms with Gasteiger partial charge in [-0.05, 0) is 0 Å². The maximum atomic E-state index is 13.0. The molecule has 1 heterocycles. The molecule has 0 radical (unpaired) electrons. The number of alkyl halides is 2. The van der Waals surface area contributed by atoms with E-state index in [9.17, 15) is 13.6 Å². The van der Waals surface area contributed by atoms with E-state index in [2.05, 4.69) is 4.98 Å². The Morgan fingerprint density at radius 2 is 2.29 bits per heavy atom. The Bertz CT molecular complexity index is 402. The van der Waals surface area contributed by atoms with Gasteiger partial charge in [0.1, 0.15) is 5.82 Å². The van der Waals surface area contributed by atoms with Gasteiger partial charge in [-0.15, -0.1) is 0 Å². The Kier molecular flexibility index (Phi) is 1.51. The van der Waals surface area contributed by atoms with Crippen LogP contribution in [0, 0.1) is 0 Å². The average Bonchev–Trinajstić information content (AvgIpc) is 2.44. The number of aromatic nitrogens is 2. The van der Waals surface area contributed by atoms with Crippen molar-refractivity contribution in [1.82, 2.24) is 9.55 Å². The van der Waals surface area contributed by atoms with E-state index in [4.69, 9.17) is 5.11 Å². The van der Waals surface area contributed by atoms with Crippen molar-refractivity contribution in [3.05, 3.63) is 18.2 Å². The summed E-state index contributed by atoms with van der Waals surface area (Å²) in [7, 11) is 1.50. The quantitative estimate of drug-likeness (QED) is 0.771. The number of nitrogens with zero attached hydrogens (tertiary/aromatic N) is 2. The Morgan fingerprint density at radius 3 is 2.57 bits per heavy atom. The third kappa shape index (κ3) is 0.853. The molecule has 1 aliphatic rings. The first kappa shape index (κ1) is 9.11. The van der Waals surface area contributed by atoms with Gasteiger partial charge >= 0.3 is 5.97 Å². The molecule has 1 fully saturated rings. The van der Waals surface area contributed by atoms with Gasteiger partial charge in [0.05, 0.1) is 0 Å². The van der Waals surface area contributed by atoms with E-state index in [0.717, 1.165) is 0 Å². The fourth-order valence-electron chi connectivity index (χ4n) is 1.64. The minimum Gasteiger partial charge on any atom is -0.480 e. The minimum atomic E-state index is -3.18. The van der Waals surface area contributed by atoms with Crippen molar-refractivity contribution in [3.8, 4) is 0 Å². The average molecular weight is 202 g/mol. The van der Waals surface area contributed by atoms with Crippen LogP contribution in [-0.4, -0.2) is 26.5 Å². The van der Waals surface area contributed by atoms with Gasteiger partial charge < -0.3 is 9.67 Å². The van der Waals surface area contributed by atoms with E-state index in [1.54, 1.807) is 0 Å². The first-order valence-electron chi connectivity index (χ1n) is 4.01. The summed E-state index contributed by atoms with van der Waals surface area (Å²) >= 11 is 0. The number of carboxylic acid groups (broad SMARTS) is 1. The van der Waals surface area contributed by atoms with Crippen molar-refractivity contribution < 1.29 is 18.7 Å². The molecule has 4 nitrogen and oxygen atoms in total. The highest BCUT2D eigenvalue weighted by atomic mass is 19.3. The van der Waals surface area contributed by atoms with Gasteiger partial charge in [0, 0.05) is 25.9 Å². The first-order chi connectivity index (χ1) is 6.42. The van der Waals surface area contributed by atoms with Crippen molar-refractivity contribution in [3.63, 3.8) is 0 Å². The fourth-order valence-corrected chi connectivity index (χ4v) is 1.64. The predicted molar refractivity (Wildman–Crippen MR) is 42.1 cm³/mol. The standard InChI is InChI=1S/C8H8F2N2O2/c1-12-3-2-11-5(12)7(6(13)14)4-8(7,9)10/h2-3H,4H2,1H3,(H,13,14). The largest absolute Gasteiger partial charge is 0.480 e. The van der Waals surface area contributed by atoms with Gasteiger partial charge in [0.25, 0.3) is 5.92 Å². The second kappa shape index (κ2) is 2.31. The lowest BCUT2D eigenvalue weighted by molar-refractivity contribution is -0.143. The minimum absolute atomic E-state index is 0.0880. The highest BCUT2D eigenvalue weighted by Gasteiger charge is 2.79. The molecule has 14 heavy (non-hydrogen) atoms. The molecule has 6 heteroatoms. The van der Waals surface area contributed by atoms with Crippen LogP contribution in [0.4, 0.5) is 8.78 Å². The second-order valence-electron chi connectivity index (χ2n) is 3.45. The van der Waals surface area contributed by atoms with E-state index >= 15 is 0 Å². The molecular formula is C8H8F2N2O2. The van der Waals surface area contributed by atoms with Crippen LogP contribution in [0.5, 0.6) is 0 Å². The molecule has 1 aliphatic carbocycles. The molecule has 1 saturated carbocycles. The number of carboxylic acids is 1. The van der Waals surface area contributed by atoms with E-state index in [1.807, 2.05) is 0 Å². The number of imidazole rings is 1. The van der Waals surface area contributed by atoms with Crippen LogP contribution in [0.25, 0.3) is 0 Å². The SMILES string of the molecule is Cn1ccnc1C1(C(=O)O)CC1(F)F. The Balaban J connectivity index is 2.52.